The summed E-state index contributed by atoms with van der Waals surface area (Å²) in [6, 6.07) is -0.208. The summed E-state index contributed by atoms with van der Waals surface area (Å²) in [4.78, 5) is 33.1. The Balaban J connectivity index is 1.47. The first-order chi connectivity index (χ1) is 11.6. The molecule has 0 aromatic carbocycles. The van der Waals surface area contributed by atoms with Gasteiger partial charge in [0.05, 0.1) is 6.04 Å². The van der Waals surface area contributed by atoms with E-state index in [-0.39, 0.29) is 17.9 Å². The number of piperazine rings is 1. The summed E-state index contributed by atoms with van der Waals surface area (Å²) in [5.74, 6) is 0.530. The number of carbonyl (C=O) groups excluding carboxylic acids is 2. The molecule has 0 spiro atoms. The molecule has 2 amide bonds. The number of amides is 2. The van der Waals surface area contributed by atoms with E-state index in [9.17, 15) is 9.59 Å². The number of nitrogens with zero attached hydrogens (tertiary/aromatic N) is 3. The van der Waals surface area contributed by atoms with Crippen LogP contribution in [0.5, 0.6) is 0 Å². The van der Waals surface area contributed by atoms with Crippen molar-refractivity contribution in [3.63, 3.8) is 0 Å². The maximum absolute atomic E-state index is 12.6. The van der Waals surface area contributed by atoms with Crippen molar-refractivity contribution in [3.8, 4) is 0 Å². The maximum Gasteiger partial charge on any atom is 0.243 e. The van der Waals surface area contributed by atoms with Crippen LogP contribution >= 0.6 is 11.3 Å². The highest BCUT2D eigenvalue weighted by Crippen LogP contribution is 2.26. The normalized spacial score (nSPS) is 21.5. The minimum Gasteiger partial charge on any atom is -0.340 e. The van der Waals surface area contributed by atoms with Gasteiger partial charge in [0.15, 0.2) is 5.13 Å². The lowest BCUT2D eigenvalue weighted by Gasteiger charge is -2.39. The second kappa shape index (κ2) is 8.07. The van der Waals surface area contributed by atoms with E-state index in [1.54, 1.807) is 6.20 Å². The highest BCUT2D eigenvalue weighted by molar-refractivity contribution is 7.13. The average molecular weight is 350 g/mol. The fourth-order valence-corrected chi connectivity index (χ4v) is 4.13. The quantitative estimate of drug-likeness (QED) is 0.904. The number of rotatable bonds is 4. The number of hydrogen-bond acceptors (Lipinski definition) is 5. The van der Waals surface area contributed by atoms with E-state index in [4.69, 9.17) is 0 Å². The highest BCUT2D eigenvalue weighted by atomic mass is 32.1. The molecule has 1 aliphatic carbocycles. The number of thiazole rings is 1. The molecule has 1 saturated carbocycles. The molecule has 2 heterocycles. The fraction of sp³-hybridized carbons (Fsp3) is 0.706. The highest BCUT2D eigenvalue weighted by Gasteiger charge is 2.31. The van der Waals surface area contributed by atoms with Crippen LogP contribution in [0.4, 0.5) is 5.13 Å². The third kappa shape index (κ3) is 4.13. The maximum atomic E-state index is 12.6. The van der Waals surface area contributed by atoms with Crippen LogP contribution in [0.25, 0.3) is 0 Å². The smallest absolute Gasteiger partial charge is 0.243 e. The molecular formula is C17H26N4O2S. The van der Waals surface area contributed by atoms with Crippen LogP contribution in [0, 0.1) is 5.92 Å². The molecule has 1 N–H and O–H groups in total. The number of aromatic nitrogens is 1. The first-order valence-corrected chi connectivity index (χ1v) is 9.76. The van der Waals surface area contributed by atoms with Gasteiger partial charge in [-0.15, -0.1) is 11.3 Å². The summed E-state index contributed by atoms with van der Waals surface area (Å²) in [6.07, 6.45) is 7.41. The molecule has 0 unspecified atom stereocenters. The fourth-order valence-electron chi connectivity index (χ4n) is 3.60. The van der Waals surface area contributed by atoms with Crippen LogP contribution < -0.4 is 5.32 Å². The lowest BCUT2D eigenvalue weighted by molar-refractivity contribution is -0.139. The Bertz CT molecular complexity index is 549. The van der Waals surface area contributed by atoms with Crippen molar-refractivity contribution in [1.82, 2.24) is 14.8 Å². The second-order valence-electron chi connectivity index (χ2n) is 6.70. The summed E-state index contributed by atoms with van der Waals surface area (Å²) in [6.45, 7) is 4.88. The Kier molecular flexibility index (Phi) is 5.84. The van der Waals surface area contributed by atoms with Crippen molar-refractivity contribution in [3.05, 3.63) is 11.6 Å². The molecule has 0 bridgehead atoms. The molecule has 0 radical (unpaired) electrons. The van der Waals surface area contributed by atoms with Gasteiger partial charge in [-0.1, -0.05) is 19.3 Å². The third-order valence-corrected chi connectivity index (χ3v) is 5.86. The van der Waals surface area contributed by atoms with Gasteiger partial charge in [-0.2, -0.15) is 0 Å². The number of anilines is 1. The van der Waals surface area contributed by atoms with E-state index in [1.165, 1.54) is 30.6 Å². The molecule has 2 aliphatic rings. The van der Waals surface area contributed by atoms with Gasteiger partial charge < -0.3 is 10.2 Å². The molecule has 1 aromatic rings. The van der Waals surface area contributed by atoms with Crippen molar-refractivity contribution in [1.29, 1.82) is 0 Å². The van der Waals surface area contributed by atoms with E-state index in [1.807, 2.05) is 17.2 Å². The molecule has 1 aromatic heterocycles. The van der Waals surface area contributed by atoms with Crippen LogP contribution in [-0.4, -0.2) is 58.8 Å². The monoisotopic (exact) mass is 350 g/mol. The van der Waals surface area contributed by atoms with Crippen LogP contribution in [0.2, 0.25) is 0 Å². The summed E-state index contributed by atoms with van der Waals surface area (Å²) in [7, 11) is 0. The lowest BCUT2D eigenvalue weighted by atomic mass is 9.88. The van der Waals surface area contributed by atoms with Crippen LogP contribution in [-0.2, 0) is 9.59 Å². The summed E-state index contributed by atoms with van der Waals surface area (Å²) >= 11 is 1.42. The predicted octanol–water partition coefficient (Wildman–Crippen LogP) is 2.19. The van der Waals surface area contributed by atoms with Gasteiger partial charge in [-0.05, 0) is 19.8 Å². The molecule has 6 nitrogen and oxygen atoms in total. The van der Waals surface area contributed by atoms with Crippen molar-refractivity contribution in [2.24, 2.45) is 5.92 Å². The first kappa shape index (κ1) is 17.4. The Hall–Kier alpha value is -1.47. The zero-order chi connectivity index (χ0) is 16.9. The molecule has 3 rings (SSSR count). The summed E-state index contributed by atoms with van der Waals surface area (Å²) in [5.41, 5.74) is 0. The van der Waals surface area contributed by atoms with E-state index in [0.29, 0.717) is 11.0 Å². The van der Waals surface area contributed by atoms with Crippen LogP contribution in [0.15, 0.2) is 11.6 Å². The van der Waals surface area contributed by atoms with E-state index in [0.717, 1.165) is 39.0 Å². The molecule has 2 fully saturated rings. The zero-order valence-corrected chi connectivity index (χ0v) is 15.1. The lowest BCUT2D eigenvalue weighted by Crippen LogP contribution is -2.55. The van der Waals surface area contributed by atoms with E-state index < -0.39 is 0 Å². The molecule has 7 heteroatoms. The number of carbonyl (C=O) groups is 2. The standard InChI is InChI=1S/C17H26N4O2S/c1-13(15(22)19-17-18-7-12-24-17)20-8-10-21(11-9-20)16(23)14-5-3-2-4-6-14/h7,12-14H,2-6,8-11H2,1H3,(H,18,19,22)/t13-/m0/s1. The van der Waals surface area contributed by atoms with Gasteiger partial charge >= 0.3 is 0 Å². The Morgan fingerprint density at radius 3 is 2.54 bits per heavy atom. The minimum atomic E-state index is -0.208. The van der Waals surface area contributed by atoms with Gasteiger partial charge in [0, 0.05) is 43.7 Å². The van der Waals surface area contributed by atoms with E-state index in [2.05, 4.69) is 15.2 Å². The van der Waals surface area contributed by atoms with Gasteiger partial charge in [0.1, 0.15) is 0 Å². The van der Waals surface area contributed by atoms with Crippen LogP contribution in [0.3, 0.4) is 0 Å². The second-order valence-corrected chi connectivity index (χ2v) is 7.59. The largest absolute Gasteiger partial charge is 0.340 e. The Morgan fingerprint density at radius 1 is 1.21 bits per heavy atom. The molecule has 1 atom stereocenters. The molecule has 1 saturated heterocycles. The zero-order valence-electron chi connectivity index (χ0n) is 14.2. The molecule has 1 aliphatic heterocycles. The average Bonchev–Trinajstić information content (AvgIpc) is 3.14. The number of nitrogens with one attached hydrogen (secondary N) is 1. The number of hydrogen-bond donors (Lipinski definition) is 1. The van der Waals surface area contributed by atoms with Crippen molar-refractivity contribution >= 4 is 28.3 Å². The van der Waals surface area contributed by atoms with Crippen molar-refractivity contribution in [2.45, 2.75) is 45.1 Å². The predicted molar refractivity (Wildman–Crippen MR) is 94.9 cm³/mol. The summed E-state index contributed by atoms with van der Waals surface area (Å²) in [5, 5.41) is 5.33. The first-order valence-electron chi connectivity index (χ1n) is 8.88. The topological polar surface area (TPSA) is 65.5 Å². The minimum absolute atomic E-state index is 0.0305. The molecule has 24 heavy (non-hydrogen) atoms. The Morgan fingerprint density at radius 2 is 1.92 bits per heavy atom. The van der Waals surface area contributed by atoms with Crippen molar-refractivity contribution < 1.29 is 9.59 Å². The van der Waals surface area contributed by atoms with Gasteiger partial charge in [0.25, 0.3) is 0 Å². The van der Waals surface area contributed by atoms with Gasteiger partial charge in [-0.25, -0.2) is 4.98 Å². The Labute approximate surface area is 147 Å². The SMILES string of the molecule is C[C@@H](C(=O)Nc1nccs1)N1CCN(C(=O)C2CCCCC2)CC1. The van der Waals surface area contributed by atoms with Gasteiger partial charge in [0.2, 0.25) is 11.8 Å². The molecular weight excluding hydrogens is 324 g/mol. The van der Waals surface area contributed by atoms with Gasteiger partial charge in [-0.3, -0.25) is 14.5 Å². The van der Waals surface area contributed by atoms with Crippen molar-refractivity contribution in [2.75, 3.05) is 31.5 Å². The van der Waals surface area contributed by atoms with E-state index >= 15 is 0 Å². The van der Waals surface area contributed by atoms with Crippen LogP contribution in [0.1, 0.15) is 39.0 Å². The summed E-state index contributed by atoms with van der Waals surface area (Å²) < 4.78 is 0. The molecule has 132 valence electrons. The third-order valence-electron chi connectivity index (χ3n) is 5.17.